The van der Waals surface area contributed by atoms with Gasteiger partial charge in [-0.3, -0.25) is 14.6 Å². The molecule has 1 aromatic carbocycles. The smallest absolute Gasteiger partial charge is 0.326 e. The Balaban J connectivity index is 2.22. The number of benzene rings is 1. The molecule has 0 aliphatic carbocycles. The lowest BCUT2D eigenvalue weighted by molar-refractivity contribution is -0.148. The molecule has 2 N–H and O–H groups in total. The zero-order valence-corrected chi connectivity index (χ0v) is 14.6. The summed E-state index contributed by atoms with van der Waals surface area (Å²) in [5, 5.41) is 11.8. The van der Waals surface area contributed by atoms with Gasteiger partial charge in [-0.1, -0.05) is 24.3 Å². The lowest BCUT2D eigenvalue weighted by Gasteiger charge is -2.27. The van der Waals surface area contributed by atoms with Crippen LogP contribution in [0.4, 0.5) is 0 Å². The summed E-state index contributed by atoms with van der Waals surface area (Å²) in [6.45, 7) is 1.42. The number of carbonyl (C=O) groups excluding carboxylic acids is 2. The van der Waals surface area contributed by atoms with E-state index in [1.165, 1.54) is 14.0 Å². The zero-order valence-electron chi connectivity index (χ0n) is 14.6. The van der Waals surface area contributed by atoms with Crippen LogP contribution in [0.25, 0.3) is 0 Å². The van der Waals surface area contributed by atoms with Gasteiger partial charge in [0.1, 0.15) is 12.1 Å². The molecule has 0 aliphatic heterocycles. The number of carboxylic acids is 1. The first-order valence-electron chi connectivity index (χ1n) is 8.14. The van der Waals surface area contributed by atoms with Gasteiger partial charge < -0.3 is 15.3 Å². The van der Waals surface area contributed by atoms with Crippen LogP contribution in [-0.2, 0) is 16.0 Å². The maximum Gasteiger partial charge on any atom is 0.326 e. The number of nitrogens with zero attached hydrogens (tertiary/aromatic N) is 2. The Labute approximate surface area is 151 Å². The second kappa shape index (κ2) is 8.75. The number of hydrogen-bond donors (Lipinski definition) is 2. The highest BCUT2D eigenvalue weighted by molar-refractivity contribution is 5.98. The van der Waals surface area contributed by atoms with Crippen molar-refractivity contribution < 1.29 is 19.5 Å². The normalized spacial score (nSPS) is 12.7. The molecule has 0 saturated heterocycles. The number of nitrogens with one attached hydrogen (secondary N) is 1. The predicted molar refractivity (Wildman–Crippen MR) is 95.5 cm³/mol. The highest BCUT2D eigenvalue weighted by atomic mass is 16.4. The Morgan fingerprint density at radius 3 is 2.42 bits per heavy atom. The van der Waals surface area contributed by atoms with E-state index in [0.717, 1.165) is 10.5 Å². The second-order valence-electron chi connectivity index (χ2n) is 5.92. The van der Waals surface area contributed by atoms with Crippen LogP contribution in [0.2, 0.25) is 0 Å². The molecule has 2 unspecified atom stereocenters. The fourth-order valence-electron chi connectivity index (χ4n) is 2.39. The summed E-state index contributed by atoms with van der Waals surface area (Å²) in [5.74, 6) is -1.99. The van der Waals surface area contributed by atoms with E-state index in [-0.39, 0.29) is 6.42 Å². The number of carboxylic acid groups (broad SMARTS) is 1. The molecular formula is C19H21N3O4. The fraction of sp³-hybridized carbons (Fsp3) is 0.263. The van der Waals surface area contributed by atoms with Crippen molar-refractivity contribution in [2.24, 2.45) is 0 Å². The van der Waals surface area contributed by atoms with Gasteiger partial charge in [-0.05, 0) is 30.7 Å². The fourth-order valence-corrected chi connectivity index (χ4v) is 2.39. The van der Waals surface area contributed by atoms with Gasteiger partial charge in [-0.2, -0.15) is 0 Å². The molecule has 0 radical (unpaired) electrons. The van der Waals surface area contributed by atoms with Crippen LogP contribution in [-0.4, -0.2) is 51.9 Å². The molecule has 1 aromatic heterocycles. The van der Waals surface area contributed by atoms with E-state index in [9.17, 15) is 14.4 Å². The van der Waals surface area contributed by atoms with Gasteiger partial charge in [0.25, 0.3) is 5.91 Å². The van der Waals surface area contributed by atoms with Crippen LogP contribution in [0.5, 0.6) is 0 Å². The molecule has 7 nitrogen and oxygen atoms in total. The van der Waals surface area contributed by atoms with Gasteiger partial charge in [0.05, 0.1) is 0 Å². The standard InChI is InChI=1S/C19H21N3O4/c1-13(19(25)26)22(2)18(24)16(11-14-7-6-10-20-12-14)21-17(23)15-8-4-3-5-9-15/h3-10,12-13,16H,11H2,1-2H3,(H,21,23)(H,25,26). The van der Waals surface area contributed by atoms with Crippen molar-refractivity contribution in [2.75, 3.05) is 7.05 Å². The molecule has 0 fully saturated rings. The second-order valence-corrected chi connectivity index (χ2v) is 5.92. The summed E-state index contributed by atoms with van der Waals surface area (Å²) in [5.41, 5.74) is 1.18. The summed E-state index contributed by atoms with van der Waals surface area (Å²) >= 11 is 0. The molecular weight excluding hydrogens is 334 g/mol. The lowest BCUT2D eigenvalue weighted by atomic mass is 10.0. The molecule has 2 aromatic rings. The third kappa shape index (κ3) is 4.89. The van der Waals surface area contributed by atoms with Crippen molar-refractivity contribution in [2.45, 2.75) is 25.4 Å². The Kier molecular flexibility index (Phi) is 6.43. The molecule has 0 bridgehead atoms. The molecule has 2 atom stereocenters. The first-order chi connectivity index (χ1) is 12.4. The summed E-state index contributed by atoms with van der Waals surface area (Å²) in [6, 6.07) is 10.2. The highest BCUT2D eigenvalue weighted by Crippen LogP contribution is 2.08. The van der Waals surface area contributed by atoms with Gasteiger partial charge >= 0.3 is 5.97 Å². The number of hydrogen-bond acceptors (Lipinski definition) is 4. The van der Waals surface area contributed by atoms with E-state index >= 15 is 0 Å². The van der Waals surface area contributed by atoms with Crippen molar-refractivity contribution in [3.63, 3.8) is 0 Å². The zero-order chi connectivity index (χ0) is 19.1. The highest BCUT2D eigenvalue weighted by Gasteiger charge is 2.29. The first kappa shape index (κ1) is 19.1. The Morgan fingerprint density at radius 1 is 1.15 bits per heavy atom. The monoisotopic (exact) mass is 355 g/mol. The van der Waals surface area contributed by atoms with E-state index < -0.39 is 29.9 Å². The average Bonchev–Trinajstić information content (AvgIpc) is 2.67. The van der Waals surface area contributed by atoms with Crippen LogP contribution in [0, 0.1) is 0 Å². The largest absolute Gasteiger partial charge is 0.480 e. The Bertz CT molecular complexity index is 765. The molecule has 2 rings (SSSR count). The first-order valence-corrected chi connectivity index (χ1v) is 8.14. The summed E-state index contributed by atoms with van der Waals surface area (Å²) in [4.78, 5) is 41.6. The van der Waals surface area contributed by atoms with Crippen molar-refractivity contribution >= 4 is 17.8 Å². The minimum Gasteiger partial charge on any atom is -0.480 e. The van der Waals surface area contributed by atoms with Crippen molar-refractivity contribution in [3.8, 4) is 0 Å². The van der Waals surface area contributed by atoms with Crippen molar-refractivity contribution in [1.29, 1.82) is 0 Å². The van der Waals surface area contributed by atoms with Gasteiger partial charge in [-0.15, -0.1) is 0 Å². The molecule has 2 amide bonds. The van der Waals surface area contributed by atoms with E-state index in [0.29, 0.717) is 5.56 Å². The van der Waals surface area contributed by atoms with E-state index in [4.69, 9.17) is 5.11 Å². The summed E-state index contributed by atoms with van der Waals surface area (Å²) in [7, 11) is 1.41. The van der Waals surface area contributed by atoms with Crippen molar-refractivity contribution in [1.82, 2.24) is 15.2 Å². The minimum absolute atomic E-state index is 0.210. The van der Waals surface area contributed by atoms with Gasteiger partial charge in [0.15, 0.2) is 0 Å². The summed E-state index contributed by atoms with van der Waals surface area (Å²) < 4.78 is 0. The average molecular weight is 355 g/mol. The minimum atomic E-state index is -1.12. The SMILES string of the molecule is CC(C(=O)O)N(C)C(=O)C(Cc1cccnc1)NC(=O)c1ccccc1. The Morgan fingerprint density at radius 2 is 1.85 bits per heavy atom. The third-order valence-corrected chi connectivity index (χ3v) is 4.09. The number of rotatable bonds is 7. The van der Waals surface area contributed by atoms with Gasteiger partial charge in [0, 0.05) is 31.4 Å². The van der Waals surface area contributed by atoms with E-state index in [1.54, 1.807) is 54.9 Å². The molecule has 0 spiro atoms. The maximum absolute atomic E-state index is 12.8. The number of carbonyl (C=O) groups is 3. The predicted octanol–water partition coefficient (Wildman–Crippen LogP) is 1.35. The van der Waals surface area contributed by atoms with E-state index in [1.807, 2.05) is 0 Å². The number of pyridine rings is 1. The Hall–Kier alpha value is -3.22. The molecule has 0 aliphatic rings. The number of aromatic nitrogens is 1. The topological polar surface area (TPSA) is 99.6 Å². The maximum atomic E-state index is 12.8. The van der Waals surface area contributed by atoms with E-state index in [2.05, 4.69) is 10.3 Å². The lowest BCUT2D eigenvalue weighted by Crippen LogP contribution is -2.52. The van der Waals surface area contributed by atoms with Crippen LogP contribution in [0.3, 0.4) is 0 Å². The number of amides is 2. The summed E-state index contributed by atoms with van der Waals surface area (Å²) in [6.07, 6.45) is 3.43. The molecule has 26 heavy (non-hydrogen) atoms. The van der Waals surface area contributed by atoms with Crippen LogP contribution in [0.1, 0.15) is 22.8 Å². The van der Waals surface area contributed by atoms with Crippen molar-refractivity contribution in [3.05, 3.63) is 66.0 Å². The quantitative estimate of drug-likeness (QED) is 0.781. The van der Waals surface area contributed by atoms with Crippen LogP contribution >= 0.6 is 0 Å². The molecule has 136 valence electrons. The molecule has 1 heterocycles. The molecule has 7 heteroatoms. The van der Waals surface area contributed by atoms with Gasteiger partial charge in [0.2, 0.25) is 5.91 Å². The van der Waals surface area contributed by atoms with Crippen LogP contribution < -0.4 is 5.32 Å². The number of aliphatic carboxylic acids is 1. The molecule has 0 saturated carbocycles. The van der Waals surface area contributed by atoms with Gasteiger partial charge in [-0.25, -0.2) is 4.79 Å². The number of likely N-dealkylation sites (N-methyl/N-ethyl adjacent to an activating group) is 1. The van der Waals surface area contributed by atoms with Crippen LogP contribution in [0.15, 0.2) is 54.9 Å². The third-order valence-electron chi connectivity index (χ3n) is 4.09.